The van der Waals surface area contributed by atoms with Crippen LogP contribution in [0, 0.1) is 0 Å². The van der Waals surface area contributed by atoms with Gasteiger partial charge in [-0.1, -0.05) is 257 Å². The first kappa shape index (κ1) is 64.2. The van der Waals surface area contributed by atoms with Crippen LogP contribution >= 0.6 is 7.82 Å². The summed E-state index contributed by atoms with van der Waals surface area (Å²) in [6.07, 6.45) is 58.5. The molecule has 0 aromatic heterocycles. The highest BCUT2D eigenvalue weighted by atomic mass is 31.2. The molecule has 0 heterocycles. The van der Waals surface area contributed by atoms with E-state index in [0.717, 1.165) is 51.4 Å². The van der Waals surface area contributed by atoms with Gasteiger partial charge in [0.05, 0.1) is 39.9 Å². The second-order valence-corrected chi connectivity index (χ2v) is 22.5. The maximum atomic E-state index is 12.9. The molecule has 3 N–H and O–H groups in total. The highest BCUT2D eigenvalue weighted by molar-refractivity contribution is 7.47. The van der Waals surface area contributed by atoms with Gasteiger partial charge >= 0.3 is 7.82 Å². The van der Waals surface area contributed by atoms with Crippen molar-refractivity contribution >= 4 is 13.7 Å². The highest BCUT2D eigenvalue weighted by Gasteiger charge is 2.28. The predicted molar refractivity (Wildman–Crippen MR) is 282 cm³/mol. The largest absolute Gasteiger partial charge is 0.472 e. The molecular weight excluding hydrogens is 828 g/mol. The molecule has 1 amide bonds. The Kier molecular flexibility index (Phi) is 47.7. The third kappa shape index (κ3) is 50.9. The van der Waals surface area contributed by atoms with Crippen molar-refractivity contribution in [1.82, 2.24) is 5.32 Å². The van der Waals surface area contributed by atoms with Crippen molar-refractivity contribution in [3.8, 4) is 0 Å². The number of quaternary nitrogens is 1. The molecule has 3 unspecified atom stereocenters. The van der Waals surface area contributed by atoms with Crippen LogP contribution in [0.3, 0.4) is 0 Å². The number of likely N-dealkylation sites (N-methyl/N-ethyl adjacent to an activating group) is 1. The van der Waals surface area contributed by atoms with Crippen LogP contribution in [0.5, 0.6) is 0 Å². The maximum Gasteiger partial charge on any atom is 0.472 e. The summed E-state index contributed by atoms with van der Waals surface area (Å²) in [6.45, 7) is 4.91. The monoisotopic (exact) mass is 942 g/mol. The number of unbranched alkanes of at least 4 members (excludes halogenated alkanes) is 38. The molecule has 0 rings (SSSR count). The van der Waals surface area contributed by atoms with E-state index in [2.05, 4.69) is 31.3 Å². The van der Waals surface area contributed by atoms with Crippen LogP contribution in [0.1, 0.15) is 290 Å². The molecule has 0 spiro atoms. The lowest BCUT2D eigenvalue weighted by atomic mass is 10.0. The fourth-order valence-corrected chi connectivity index (χ4v) is 9.49. The first-order chi connectivity index (χ1) is 31.5. The zero-order valence-electron chi connectivity index (χ0n) is 44.3. The van der Waals surface area contributed by atoms with E-state index in [4.69, 9.17) is 9.05 Å². The minimum Gasteiger partial charge on any atom is -0.391 e. The maximum absolute atomic E-state index is 12.9. The van der Waals surface area contributed by atoms with Crippen LogP contribution in [0.4, 0.5) is 0 Å². The molecule has 0 aromatic rings. The summed E-state index contributed by atoms with van der Waals surface area (Å²) in [5.74, 6) is -0.149. The molecule has 0 saturated heterocycles. The molecular formula is C56H114N2O6P+. The molecule has 0 aliphatic heterocycles. The van der Waals surface area contributed by atoms with Crippen molar-refractivity contribution in [1.29, 1.82) is 0 Å². The van der Waals surface area contributed by atoms with Crippen molar-refractivity contribution in [2.45, 2.75) is 302 Å². The molecule has 0 fully saturated rings. The number of rotatable bonds is 53. The number of amides is 1. The fraction of sp³-hybridized carbons (Fsp3) is 0.946. The van der Waals surface area contributed by atoms with Gasteiger partial charge < -0.3 is 19.8 Å². The van der Waals surface area contributed by atoms with Gasteiger partial charge in [0, 0.05) is 6.42 Å². The number of hydrogen-bond acceptors (Lipinski definition) is 5. The van der Waals surface area contributed by atoms with Crippen molar-refractivity contribution < 1.29 is 32.9 Å². The Balaban J connectivity index is 4.05. The van der Waals surface area contributed by atoms with Gasteiger partial charge in [-0.05, 0) is 38.5 Å². The van der Waals surface area contributed by atoms with Gasteiger partial charge in [-0.25, -0.2) is 4.57 Å². The number of phosphoric acid groups is 1. The lowest BCUT2D eigenvalue weighted by Crippen LogP contribution is -2.46. The number of nitrogens with one attached hydrogen (secondary N) is 1. The van der Waals surface area contributed by atoms with E-state index >= 15 is 0 Å². The highest BCUT2D eigenvalue weighted by Crippen LogP contribution is 2.43. The number of carbonyl (C=O) groups is 1. The minimum absolute atomic E-state index is 0.0753. The Morgan fingerprint density at radius 3 is 1.18 bits per heavy atom. The van der Waals surface area contributed by atoms with E-state index in [1.807, 2.05) is 21.1 Å². The van der Waals surface area contributed by atoms with Crippen LogP contribution in [0.15, 0.2) is 12.2 Å². The van der Waals surface area contributed by atoms with E-state index in [0.29, 0.717) is 23.9 Å². The van der Waals surface area contributed by atoms with Gasteiger partial charge in [0.25, 0.3) is 0 Å². The topological polar surface area (TPSA) is 105 Å². The summed E-state index contributed by atoms with van der Waals surface area (Å²) in [5, 5.41) is 14.0. The number of phosphoric ester groups is 1. The predicted octanol–water partition coefficient (Wildman–Crippen LogP) is 17.0. The van der Waals surface area contributed by atoms with Gasteiger partial charge in [0.15, 0.2) is 0 Å². The molecule has 0 aliphatic rings. The van der Waals surface area contributed by atoms with Crippen molar-refractivity contribution in [3.05, 3.63) is 12.2 Å². The second kappa shape index (κ2) is 48.3. The Morgan fingerprint density at radius 1 is 0.508 bits per heavy atom. The zero-order valence-corrected chi connectivity index (χ0v) is 45.2. The standard InChI is InChI=1S/C56H113N2O6P/c1-6-8-10-12-14-16-18-20-22-23-24-25-26-27-28-29-30-31-32-33-34-35-36-37-39-41-43-45-47-49-55(59)54(53-64-65(61,62)63-52-51-58(3,4)5)57-56(60)50-48-46-44-42-40-38-21-19-17-15-13-11-9-7-2/h19,21,54-55,59H,6-18,20,22-53H2,1-5H3,(H-,57,60,61,62)/p+1/b21-19-. The number of aliphatic hydroxyl groups excluding tert-OH is 1. The molecule has 65 heavy (non-hydrogen) atoms. The minimum atomic E-state index is -4.32. The third-order valence-corrected chi connectivity index (χ3v) is 14.2. The summed E-state index contributed by atoms with van der Waals surface area (Å²) in [6, 6.07) is -0.762. The lowest BCUT2D eigenvalue weighted by Gasteiger charge is -2.26. The first-order valence-corrected chi connectivity index (χ1v) is 30.0. The van der Waals surface area contributed by atoms with E-state index < -0.39 is 20.0 Å². The normalized spacial score (nSPS) is 14.0. The van der Waals surface area contributed by atoms with Crippen molar-refractivity contribution in [3.63, 3.8) is 0 Å². The van der Waals surface area contributed by atoms with Gasteiger partial charge in [-0.15, -0.1) is 0 Å². The Labute approximate surface area is 405 Å². The van der Waals surface area contributed by atoms with Gasteiger partial charge in [-0.2, -0.15) is 0 Å². The second-order valence-electron chi connectivity index (χ2n) is 21.0. The van der Waals surface area contributed by atoms with Crippen LogP contribution in [0.25, 0.3) is 0 Å². The average molecular weight is 943 g/mol. The van der Waals surface area contributed by atoms with Crippen LogP contribution < -0.4 is 5.32 Å². The van der Waals surface area contributed by atoms with Crippen molar-refractivity contribution in [2.75, 3.05) is 40.9 Å². The third-order valence-electron chi connectivity index (χ3n) is 13.3. The van der Waals surface area contributed by atoms with E-state index in [9.17, 15) is 19.4 Å². The number of nitrogens with zero attached hydrogens (tertiary/aromatic N) is 1. The summed E-state index contributed by atoms with van der Waals surface area (Å²) in [5.41, 5.74) is 0. The molecule has 0 bridgehead atoms. The van der Waals surface area contributed by atoms with Crippen molar-refractivity contribution in [2.24, 2.45) is 0 Å². The summed E-state index contributed by atoms with van der Waals surface area (Å²) in [4.78, 5) is 23.3. The molecule has 0 saturated carbocycles. The van der Waals surface area contributed by atoms with E-state index in [1.165, 1.54) is 212 Å². The average Bonchev–Trinajstić information content (AvgIpc) is 3.26. The molecule has 0 aromatic carbocycles. The van der Waals surface area contributed by atoms with E-state index in [1.54, 1.807) is 0 Å². The Hall–Kier alpha value is -0.760. The van der Waals surface area contributed by atoms with Gasteiger partial charge in [0.2, 0.25) is 5.91 Å². The van der Waals surface area contributed by atoms with Crippen LogP contribution in [0.2, 0.25) is 0 Å². The summed E-state index contributed by atoms with van der Waals surface area (Å²) < 4.78 is 23.7. The first-order valence-electron chi connectivity index (χ1n) is 28.6. The van der Waals surface area contributed by atoms with Gasteiger partial charge in [-0.3, -0.25) is 13.8 Å². The number of carbonyl (C=O) groups excluding carboxylic acids is 1. The SMILES string of the molecule is CCCCCCC/C=C\CCCCCCCC(=O)NC(COP(=O)(O)OCC[N+](C)(C)C)C(O)CCCCCCCCCCCCCCCCCCCCCCCCCCCCCCC. The molecule has 0 radical (unpaired) electrons. The zero-order chi connectivity index (χ0) is 47.8. The Bertz CT molecular complexity index is 1070. The lowest BCUT2D eigenvalue weighted by molar-refractivity contribution is -0.870. The molecule has 3 atom stereocenters. The van der Waals surface area contributed by atoms with Gasteiger partial charge in [0.1, 0.15) is 13.2 Å². The number of allylic oxidation sites excluding steroid dienone is 2. The molecule has 0 aliphatic carbocycles. The summed E-state index contributed by atoms with van der Waals surface area (Å²) in [7, 11) is 1.62. The molecule has 8 nitrogen and oxygen atoms in total. The van der Waals surface area contributed by atoms with E-state index in [-0.39, 0.29) is 19.1 Å². The molecule has 9 heteroatoms. The van der Waals surface area contributed by atoms with Crippen LogP contribution in [-0.2, 0) is 18.4 Å². The van der Waals surface area contributed by atoms with Crippen LogP contribution in [-0.4, -0.2) is 73.4 Å². The summed E-state index contributed by atoms with van der Waals surface area (Å²) >= 11 is 0. The Morgan fingerprint density at radius 2 is 0.831 bits per heavy atom. The molecule has 388 valence electrons. The number of aliphatic hydroxyl groups is 1. The fourth-order valence-electron chi connectivity index (χ4n) is 8.75. The number of hydrogen-bond donors (Lipinski definition) is 3. The quantitative estimate of drug-likeness (QED) is 0.0243. The smallest absolute Gasteiger partial charge is 0.391 e.